The fraction of sp³-hybridized carbons (Fsp3) is 0.750. The van der Waals surface area contributed by atoms with Gasteiger partial charge in [-0.1, -0.05) is 18.0 Å². The van der Waals surface area contributed by atoms with E-state index >= 15 is 0 Å². The molecule has 0 bridgehead atoms. The Morgan fingerprint density at radius 2 is 2.05 bits per heavy atom. The topological polar surface area (TPSA) is 110 Å². The first-order chi connectivity index (χ1) is 9.28. The number of nitrogens with zero attached hydrogens (tertiary/aromatic N) is 2. The molecular formula is C12H18N2O5S. The normalized spacial score (nSPS) is 18.2. The van der Waals surface area contributed by atoms with E-state index in [0.717, 1.165) is 31.9 Å². The molecule has 0 saturated heterocycles. The smallest absolute Gasteiger partial charge is 0.303 e. The lowest BCUT2D eigenvalue weighted by atomic mass is 9.79. The first-order valence-electron chi connectivity index (χ1n) is 6.49. The lowest BCUT2D eigenvalue weighted by molar-refractivity contribution is -0.139. The Labute approximate surface area is 117 Å². The van der Waals surface area contributed by atoms with Crippen molar-refractivity contribution in [3.63, 3.8) is 0 Å². The average Bonchev–Trinajstić information content (AvgIpc) is 2.86. The molecule has 1 N–H and O–H groups in total. The van der Waals surface area contributed by atoms with Crippen LogP contribution >= 0.6 is 0 Å². The summed E-state index contributed by atoms with van der Waals surface area (Å²) in [4.78, 5) is 15.1. The van der Waals surface area contributed by atoms with Crippen LogP contribution in [0.1, 0.15) is 43.8 Å². The number of carbonyl (C=O) groups is 1. The summed E-state index contributed by atoms with van der Waals surface area (Å²) in [5, 5.41) is 12.7. The van der Waals surface area contributed by atoms with Gasteiger partial charge < -0.3 is 9.63 Å². The molecule has 0 amide bonds. The van der Waals surface area contributed by atoms with E-state index in [1.54, 1.807) is 0 Å². The van der Waals surface area contributed by atoms with E-state index in [1.165, 1.54) is 0 Å². The highest BCUT2D eigenvalue weighted by atomic mass is 32.2. The fourth-order valence-corrected chi connectivity index (χ4v) is 3.42. The summed E-state index contributed by atoms with van der Waals surface area (Å²) in [6, 6.07) is 0. The molecule has 20 heavy (non-hydrogen) atoms. The first kappa shape index (κ1) is 15.0. The zero-order valence-corrected chi connectivity index (χ0v) is 12.1. The molecule has 8 heteroatoms. The summed E-state index contributed by atoms with van der Waals surface area (Å²) in [5.41, 5.74) is -0.333. The SMILES string of the molecule is CS(=O)(=O)Cc1noc(CC2(CC(=O)O)CCCC2)n1. The molecule has 0 atom stereocenters. The van der Waals surface area contributed by atoms with Crippen molar-refractivity contribution < 1.29 is 22.8 Å². The van der Waals surface area contributed by atoms with E-state index in [0.29, 0.717) is 12.3 Å². The quantitative estimate of drug-likeness (QED) is 0.840. The summed E-state index contributed by atoms with van der Waals surface area (Å²) < 4.78 is 27.4. The Kier molecular flexibility index (Phi) is 4.12. The molecule has 1 fully saturated rings. The molecule has 1 aromatic heterocycles. The Bertz CT molecular complexity index is 587. The maximum atomic E-state index is 11.2. The minimum Gasteiger partial charge on any atom is -0.481 e. The number of hydrogen-bond donors (Lipinski definition) is 1. The maximum Gasteiger partial charge on any atom is 0.303 e. The third kappa shape index (κ3) is 4.03. The van der Waals surface area contributed by atoms with Crippen LogP contribution < -0.4 is 0 Å². The highest BCUT2D eigenvalue weighted by Crippen LogP contribution is 2.43. The number of aromatic nitrogens is 2. The van der Waals surface area contributed by atoms with Gasteiger partial charge in [0.05, 0.1) is 6.42 Å². The van der Waals surface area contributed by atoms with Crippen LogP contribution in [0.15, 0.2) is 4.52 Å². The summed E-state index contributed by atoms with van der Waals surface area (Å²) in [6.45, 7) is 0. The zero-order valence-electron chi connectivity index (χ0n) is 11.3. The van der Waals surface area contributed by atoms with Crippen LogP contribution in [0.5, 0.6) is 0 Å². The van der Waals surface area contributed by atoms with Crippen molar-refractivity contribution in [2.45, 2.75) is 44.3 Å². The number of carboxylic acids is 1. The number of aliphatic carboxylic acids is 1. The third-order valence-electron chi connectivity index (χ3n) is 3.62. The van der Waals surface area contributed by atoms with Crippen molar-refractivity contribution in [2.24, 2.45) is 5.41 Å². The highest BCUT2D eigenvalue weighted by molar-refractivity contribution is 7.89. The molecule has 1 aliphatic rings. The summed E-state index contributed by atoms with van der Waals surface area (Å²) in [7, 11) is -3.20. The van der Waals surface area contributed by atoms with Gasteiger partial charge in [-0.15, -0.1) is 0 Å². The summed E-state index contributed by atoms with van der Waals surface area (Å²) in [5.74, 6) is -0.636. The second-order valence-electron chi connectivity index (χ2n) is 5.63. The fourth-order valence-electron chi connectivity index (χ4n) is 2.84. The van der Waals surface area contributed by atoms with Gasteiger partial charge >= 0.3 is 5.97 Å². The van der Waals surface area contributed by atoms with Crippen molar-refractivity contribution in [1.29, 1.82) is 0 Å². The van der Waals surface area contributed by atoms with E-state index in [-0.39, 0.29) is 23.4 Å². The summed E-state index contributed by atoms with van der Waals surface area (Å²) >= 11 is 0. The van der Waals surface area contributed by atoms with Crippen LogP contribution in [0.4, 0.5) is 0 Å². The monoisotopic (exact) mass is 302 g/mol. The summed E-state index contributed by atoms with van der Waals surface area (Å²) in [6.07, 6.45) is 5.22. The zero-order chi connectivity index (χ0) is 14.8. The van der Waals surface area contributed by atoms with Gasteiger partial charge in [0.15, 0.2) is 15.7 Å². The lowest BCUT2D eigenvalue weighted by Crippen LogP contribution is -2.24. The van der Waals surface area contributed by atoms with E-state index < -0.39 is 15.8 Å². The molecule has 0 aliphatic heterocycles. The predicted molar refractivity (Wildman–Crippen MR) is 69.7 cm³/mol. The predicted octanol–water partition coefficient (Wildman–Crippen LogP) is 1.19. The van der Waals surface area contributed by atoms with Crippen molar-refractivity contribution in [2.75, 3.05) is 6.26 Å². The standard InChI is InChI=1S/C12H18N2O5S/c1-20(17,18)8-9-13-10(19-14-9)6-12(7-11(15)16)4-2-3-5-12/h2-8H2,1H3,(H,15,16). The van der Waals surface area contributed by atoms with Gasteiger partial charge in [0.2, 0.25) is 5.89 Å². The molecule has 112 valence electrons. The van der Waals surface area contributed by atoms with Gasteiger partial charge in [-0.3, -0.25) is 4.79 Å². The minimum absolute atomic E-state index is 0.0801. The van der Waals surface area contributed by atoms with Crippen molar-refractivity contribution in [3.8, 4) is 0 Å². The van der Waals surface area contributed by atoms with Gasteiger partial charge in [-0.25, -0.2) is 8.42 Å². The Morgan fingerprint density at radius 3 is 2.60 bits per heavy atom. The van der Waals surface area contributed by atoms with Gasteiger partial charge in [0, 0.05) is 12.7 Å². The van der Waals surface area contributed by atoms with E-state index in [9.17, 15) is 13.2 Å². The number of rotatable bonds is 6. The van der Waals surface area contributed by atoms with Crippen LogP contribution in [0, 0.1) is 5.41 Å². The number of sulfone groups is 1. The third-order valence-corrected chi connectivity index (χ3v) is 4.40. The minimum atomic E-state index is -3.20. The molecule has 7 nitrogen and oxygen atoms in total. The van der Waals surface area contributed by atoms with Gasteiger partial charge in [-0.2, -0.15) is 4.98 Å². The molecule has 0 spiro atoms. The van der Waals surface area contributed by atoms with Crippen molar-refractivity contribution in [3.05, 3.63) is 11.7 Å². The van der Waals surface area contributed by atoms with E-state index in [1.807, 2.05) is 0 Å². The van der Waals surface area contributed by atoms with Crippen molar-refractivity contribution in [1.82, 2.24) is 10.1 Å². The second kappa shape index (κ2) is 5.51. The molecule has 0 aromatic carbocycles. The maximum absolute atomic E-state index is 11.2. The molecular weight excluding hydrogens is 284 g/mol. The van der Waals surface area contributed by atoms with Gasteiger partial charge in [0.25, 0.3) is 0 Å². The van der Waals surface area contributed by atoms with Crippen LogP contribution in [-0.2, 0) is 26.8 Å². The highest BCUT2D eigenvalue weighted by Gasteiger charge is 2.38. The van der Waals surface area contributed by atoms with Gasteiger partial charge in [0.1, 0.15) is 5.75 Å². The number of hydrogen-bond acceptors (Lipinski definition) is 6. The van der Waals surface area contributed by atoms with Crippen LogP contribution in [0.3, 0.4) is 0 Å². The Hall–Kier alpha value is -1.44. The largest absolute Gasteiger partial charge is 0.481 e. The van der Waals surface area contributed by atoms with E-state index in [2.05, 4.69) is 10.1 Å². The lowest BCUT2D eigenvalue weighted by Gasteiger charge is -2.24. The van der Waals surface area contributed by atoms with Crippen LogP contribution in [0.2, 0.25) is 0 Å². The number of carboxylic acid groups (broad SMARTS) is 1. The van der Waals surface area contributed by atoms with Crippen molar-refractivity contribution >= 4 is 15.8 Å². The first-order valence-corrected chi connectivity index (χ1v) is 8.55. The molecule has 0 radical (unpaired) electrons. The average molecular weight is 302 g/mol. The van der Waals surface area contributed by atoms with Gasteiger partial charge in [-0.05, 0) is 18.3 Å². The molecule has 1 aromatic rings. The van der Waals surface area contributed by atoms with Crippen LogP contribution in [0.25, 0.3) is 0 Å². The Balaban J connectivity index is 2.10. The molecule has 1 aliphatic carbocycles. The van der Waals surface area contributed by atoms with Crippen LogP contribution in [-0.4, -0.2) is 35.9 Å². The second-order valence-corrected chi connectivity index (χ2v) is 7.77. The Morgan fingerprint density at radius 1 is 1.40 bits per heavy atom. The molecule has 1 saturated carbocycles. The molecule has 0 unspecified atom stereocenters. The van der Waals surface area contributed by atoms with E-state index in [4.69, 9.17) is 9.63 Å². The molecule has 2 rings (SSSR count). The molecule has 1 heterocycles.